The molecular formula is C17H23N3O3S2. The van der Waals surface area contributed by atoms with Gasteiger partial charge in [-0.2, -0.15) is 5.26 Å². The largest absolute Gasteiger partial charge is 0.315 e. The number of hydrogen-bond donors (Lipinski definition) is 1. The highest BCUT2D eigenvalue weighted by Crippen LogP contribution is 2.37. The quantitative estimate of drug-likeness (QED) is 0.808. The van der Waals surface area contributed by atoms with Gasteiger partial charge in [-0.3, -0.25) is 9.69 Å². The van der Waals surface area contributed by atoms with Crippen molar-refractivity contribution < 1.29 is 13.2 Å². The zero-order chi connectivity index (χ0) is 18.0. The molecule has 136 valence electrons. The molecule has 1 fully saturated rings. The molecule has 1 saturated heterocycles. The maximum absolute atomic E-state index is 12.6. The second-order valence-corrected chi connectivity index (χ2v) is 10.1. The molecule has 2 aliphatic rings. The molecule has 0 spiro atoms. The van der Waals surface area contributed by atoms with E-state index in [1.54, 1.807) is 6.92 Å². The van der Waals surface area contributed by atoms with Gasteiger partial charge in [0.15, 0.2) is 9.84 Å². The van der Waals surface area contributed by atoms with Gasteiger partial charge in [-0.1, -0.05) is 6.42 Å². The Hall–Kier alpha value is -1.43. The number of aryl methyl sites for hydroxylation is 1. The number of hydrogen-bond acceptors (Lipinski definition) is 6. The summed E-state index contributed by atoms with van der Waals surface area (Å²) in [6.07, 6.45) is 5.28. The predicted molar refractivity (Wildman–Crippen MR) is 98.6 cm³/mol. The van der Waals surface area contributed by atoms with Crippen LogP contribution in [0.15, 0.2) is 0 Å². The lowest BCUT2D eigenvalue weighted by Gasteiger charge is -2.31. The highest BCUT2D eigenvalue weighted by atomic mass is 32.2. The first kappa shape index (κ1) is 18.4. The lowest BCUT2D eigenvalue weighted by atomic mass is 10.1. The minimum Gasteiger partial charge on any atom is -0.315 e. The lowest BCUT2D eigenvalue weighted by molar-refractivity contribution is -0.120. The first-order chi connectivity index (χ1) is 11.9. The molecule has 1 N–H and O–H groups in total. The van der Waals surface area contributed by atoms with Gasteiger partial charge in [0.1, 0.15) is 11.1 Å². The summed E-state index contributed by atoms with van der Waals surface area (Å²) in [5.74, 6) is 0.0233. The highest BCUT2D eigenvalue weighted by molar-refractivity contribution is 7.91. The minimum absolute atomic E-state index is 0.0986. The van der Waals surface area contributed by atoms with E-state index in [0.29, 0.717) is 23.7 Å². The van der Waals surface area contributed by atoms with Crippen LogP contribution < -0.4 is 5.32 Å². The summed E-state index contributed by atoms with van der Waals surface area (Å²) in [4.78, 5) is 15.7. The van der Waals surface area contributed by atoms with E-state index in [1.807, 2.05) is 4.90 Å². The van der Waals surface area contributed by atoms with Crippen molar-refractivity contribution in [2.45, 2.75) is 45.1 Å². The number of nitrogens with zero attached hydrogens (tertiary/aromatic N) is 2. The van der Waals surface area contributed by atoms with Gasteiger partial charge >= 0.3 is 0 Å². The van der Waals surface area contributed by atoms with Crippen LogP contribution in [-0.4, -0.2) is 49.9 Å². The number of fused-ring (bicyclic) bond motifs is 1. The van der Waals surface area contributed by atoms with Crippen LogP contribution in [0.5, 0.6) is 0 Å². The van der Waals surface area contributed by atoms with Crippen LogP contribution in [0.4, 0.5) is 5.00 Å². The van der Waals surface area contributed by atoms with Crippen molar-refractivity contribution in [3.05, 3.63) is 16.0 Å². The molecule has 25 heavy (non-hydrogen) atoms. The van der Waals surface area contributed by atoms with Crippen LogP contribution in [0.2, 0.25) is 0 Å². The SMILES string of the molecule is CC(C(=O)Nc1sc2c(c1C#N)CCCCC2)N1CCS(=O)(=O)CC1. The van der Waals surface area contributed by atoms with E-state index in [9.17, 15) is 18.5 Å². The van der Waals surface area contributed by atoms with Crippen molar-refractivity contribution in [3.63, 3.8) is 0 Å². The van der Waals surface area contributed by atoms with Gasteiger partial charge in [0.2, 0.25) is 5.91 Å². The molecule has 2 heterocycles. The topological polar surface area (TPSA) is 90.3 Å². The fraction of sp³-hybridized carbons (Fsp3) is 0.647. The average molecular weight is 382 g/mol. The van der Waals surface area contributed by atoms with E-state index in [4.69, 9.17) is 0 Å². The number of carbonyl (C=O) groups excluding carboxylic acids is 1. The summed E-state index contributed by atoms with van der Waals surface area (Å²) in [5.41, 5.74) is 1.72. The molecule has 1 aromatic rings. The third-order valence-corrected chi connectivity index (χ3v) is 7.89. The van der Waals surface area contributed by atoms with E-state index < -0.39 is 15.9 Å². The summed E-state index contributed by atoms with van der Waals surface area (Å²) in [5, 5.41) is 13.1. The van der Waals surface area contributed by atoms with Crippen LogP contribution in [0, 0.1) is 11.3 Å². The van der Waals surface area contributed by atoms with Gasteiger partial charge in [0.05, 0.1) is 23.1 Å². The maximum Gasteiger partial charge on any atom is 0.242 e. The minimum atomic E-state index is -2.96. The molecule has 1 aromatic heterocycles. The third kappa shape index (κ3) is 4.05. The molecule has 0 bridgehead atoms. The van der Waals surface area contributed by atoms with E-state index in [2.05, 4.69) is 11.4 Å². The normalized spacial score (nSPS) is 21.6. The summed E-state index contributed by atoms with van der Waals surface area (Å²) in [6, 6.07) is 1.86. The summed E-state index contributed by atoms with van der Waals surface area (Å²) in [7, 11) is -2.96. The Morgan fingerprint density at radius 3 is 2.60 bits per heavy atom. The Labute approximate surface area is 152 Å². The molecule has 1 atom stereocenters. The van der Waals surface area contributed by atoms with Gasteiger partial charge in [0, 0.05) is 18.0 Å². The molecule has 1 aliphatic carbocycles. The molecule has 1 aliphatic heterocycles. The van der Waals surface area contributed by atoms with Crippen molar-refractivity contribution in [3.8, 4) is 6.07 Å². The predicted octanol–water partition coefficient (Wildman–Crippen LogP) is 1.95. The zero-order valence-corrected chi connectivity index (χ0v) is 16.0. The van der Waals surface area contributed by atoms with Crippen molar-refractivity contribution in [1.82, 2.24) is 4.90 Å². The fourth-order valence-corrected chi connectivity index (χ4v) is 5.92. The molecule has 0 saturated carbocycles. The third-order valence-electron chi connectivity index (χ3n) is 5.08. The number of nitrogens with one attached hydrogen (secondary N) is 1. The zero-order valence-electron chi connectivity index (χ0n) is 14.4. The van der Waals surface area contributed by atoms with Crippen molar-refractivity contribution >= 4 is 32.1 Å². The van der Waals surface area contributed by atoms with Gasteiger partial charge in [-0.15, -0.1) is 11.3 Å². The number of rotatable bonds is 3. The van der Waals surface area contributed by atoms with Gasteiger partial charge in [0.25, 0.3) is 0 Å². The molecule has 3 rings (SSSR count). The lowest BCUT2D eigenvalue weighted by Crippen LogP contribution is -2.49. The first-order valence-corrected chi connectivity index (χ1v) is 11.3. The second kappa shape index (κ2) is 7.44. The fourth-order valence-electron chi connectivity index (χ4n) is 3.45. The Bertz CT molecular complexity index is 794. The number of nitriles is 1. The summed E-state index contributed by atoms with van der Waals surface area (Å²) in [6.45, 7) is 2.55. The van der Waals surface area contributed by atoms with Crippen LogP contribution in [0.25, 0.3) is 0 Å². The molecule has 0 radical (unpaired) electrons. The Morgan fingerprint density at radius 1 is 1.24 bits per heavy atom. The Morgan fingerprint density at radius 2 is 1.92 bits per heavy atom. The van der Waals surface area contributed by atoms with Crippen LogP contribution in [0.1, 0.15) is 42.2 Å². The molecular weight excluding hydrogens is 358 g/mol. The highest BCUT2D eigenvalue weighted by Gasteiger charge is 2.29. The maximum atomic E-state index is 12.6. The summed E-state index contributed by atoms with van der Waals surface area (Å²) >= 11 is 1.52. The number of carbonyl (C=O) groups is 1. The van der Waals surface area contributed by atoms with E-state index >= 15 is 0 Å². The van der Waals surface area contributed by atoms with E-state index in [0.717, 1.165) is 31.2 Å². The van der Waals surface area contributed by atoms with Crippen molar-refractivity contribution in [1.29, 1.82) is 5.26 Å². The van der Waals surface area contributed by atoms with Crippen LogP contribution in [-0.2, 0) is 27.5 Å². The van der Waals surface area contributed by atoms with Crippen molar-refractivity contribution in [2.75, 3.05) is 29.9 Å². The first-order valence-electron chi connectivity index (χ1n) is 8.71. The Balaban J connectivity index is 1.72. The average Bonchev–Trinajstić information content (AvgIpc) is 2.74. The van der Waals surface area contributed by atoms with Crippen LogP contribution >= 0.6 is 11.3 Å². The number of thiophene rings is 1. The molecule has 6 nitrogen and oxygen atoms in total. The number of sulfone groups is 1. The second-order valence-electron chi connectivity index (χ2n) is 6.73. The van der Waals surface area contributed by atoms with E-state index in [-0.39, 0.29) is 17.4 Å². The van der Waals surface area contributed by atoms with Crippen molar-refractivity contribution in [2.24, 2.45) is 0 Å². The molecule has 8 heteroatoms. The Kier molecular flexibility index (Phi) is 5.46. The number of anilines is 1. The van der Waals surface area contributed by atoms with Gasteiger partial charge in [-0.05, 0) is 38.2 Å². The van der Waals surface area contributed by atoms with Gasteiger partial charge in [-0.25, -0.2) is 8.42 Å². The van der Waals surface area contributed by atoms with E-state index in [1.165, 1.54) is 22.6 Å². The smallest absolute Gasteiger partial charge is 0.242 e. The standard InChI is InChI=1S/C17H23N3O3S2/c1-12(20-7-9-25(22,23)10-8-20)16(21)19-17-14(11-18)13-5-3-2-4-6-15(13)24-17/h12H,2-10H2,1H3,(H,19,21). The molecule has 1 amide bonds. The molecule has 1 unspecified atom stereocenters. The van der Waals surface area contributed by atoms with Gasteiger partial charge < -0.3 is 5.32 Å². The number of amides is 1. The molecule has 0 aromatic carbocycles. The monoisotopic (exact) mass is 381 g/mol. The summed E-state index contributed by atoms with van der Waals surface area (Å²) < 4.78 is 23.1. The van der Waals surface area contributed by atoms with Crippen LogP contribution in [0.3, 0.4) is 0 Å².